The SMILES string of the molecule is COc1cccc(CNc2c(F)cc(F)cc2F)n1. The van der Waals surface area contributed by atoms with Crippen molar-refractivity contribution in [2.45, 2.75) is 6.54 Å². The van der Waals surface area contributed by atoms with Gasteiger partial charge in [-0.25, -0.2) is 18.2 Å². The molecule has 1 N–H and O–H groups in total. The molecule has 0 aliphatic heterocycles. The standard InChI is InChI=1S/C13H11F3N2O/c1-19-12-4-2-3-9(18-12)7-17-13-10(15)5-8(14)6-11(13)16/h2-6,17H,7H2,1H3. The lowest BCUT2D eigenvalue weighted by Gasteiger charge is -2.09. The first-order chi connectivity index (χ1) is 9.10. The number of nitrogens with zero attached hydrogens (tertiary/aromatic N) is 1. The third kappa shape index (κ3) is 3.15. The van der Waals surface area contributed by atoms with Crippen molar-refractivity contribution in [3.05, 3.63) is 53.5 Å². The fraction of sp³-hybridized carbons (Fsp3) is 0.154. The fourth-order valence-electron chi connectivity index (χ4n) is 1.56. The number of aromatic nitrogens is 1. The van der Waals surface area contributed by atoms with Crippen molar-refractivity contribution < 1.29 is 17.9 Å². The summed E-state index contributed by atoms with van der Waals surface area (Å²) in [6, 6.07) is 6.27. The number of pyridine rings is 1. The molecule has 0 aliphatic carbocycles. The van der Waals surface area contributed by atoms with E-state index in [9.17, 15) is 13.2 Å². The number of ether oxygens (including phenoxy) is 1. The minimum Gasteiger partial charge on any atom is -0.481 e. The molecule has 6 heteroatoms. The minimum atomic E-state index is -0.986. The molecule has 1 aromatic heterocycles. The van der Waals surface area contributed by atoms with Crippen LogP contribution in [0.5, 0.6) is 5.88 Å². The highest BCUT2D eigenvalue weighted by Gasteiger charge is 2.11. The van der Waals surface area contributed by atoms with Crippen molar-refractivity contribution in [3.8, 4) is 5.88 Å². The Bertz CT molecular complexity index is 567. The average molecular weight is 268 g/mol. The van der Waals surface area contributed by atoms with Crippen LogP contribution in [0.25, 0.3) is 0 Å². The third-order valence-corrected chi connectivity index (χ3v) is 2.44. The van der Waals surface area contributed by atoms with Crippen LogP contribution in [0.3, 0.4) is 0 Å². The van der Waals surface area contributed by atoms with Crippen LogP contribution in [-0.4, -0.2) is 12.1 Å². The number of methoxy groups -OCH3 is 1. The molecule has 2 rings (SSSR count). The van der Waals surface area contributed by atoms with Gasteiger partial charge in [-0.1, -0.05) is 6.07 Å². The van der Waals surface area contributed by atoms with Crippen LogP contribution < -0.4 is 10.1 Å². The summed E-state index contributed by atoms with van der Waals surface area (Å²) < 4.78 is 44.4. The zero-order valence-electron chi connectivity index (χ0n) is 10.1. The van der Waals surface area contributed by atoms with Gasteiger partial charge in [0, 0.05) is 18.2 Å². The molecule has 1 aromatic carbocycles. The van der Waals surface area contributed by atoms with Crippen molar-refractivity contribution in [2.24, 2.45) is 0 Å². The normalized spacial score (nSPS) is 10.3. The van der Waals surface area contributed by atoms with E-state index in [-0.39, 0.29) is 12.2 Å². The number of nitrogens with one attached hydrogen (secondary N) is 1. The quantitative estimate of drug-likeness (QED) is 0.925. The Balaban J connectivity index is 2.14. The number of hydrogen-bond donors (Lipinski definition) is 1. The van der Waals surface area contributed by atoms with Gasteiger partial charge in [0.25, 0.3) is 0 Å². The number of anilines is 1. The second-order valence-electron chi connectivity index (χ2n) is 3.77. The molecule has 100 valence electrons. The number of rotatable bonds is 4. The van der Waals surface area contributed by atoms with E-state index in [1.807, 2.05) is 0 Å². The van der Waals surface area contributed by atoms with Gasteiger partial charge in [-0.05, 0) is 6.07 Å². The molecule has 19 heavy (non-hydrogen) atoms. The minimum absolute atomic E-state index is 0.0939. The van der Waals surface area contributed by atoms with E-state index in [4.69, 9.17) is 4.74 Å². The van der Waals surface area contributed by atoms with Gasteiger partial charge in [0.2, 0.25) is 5.88 Å². The van der Waals surface area contributed by atoms with Gasteiger partial charge in [-0.15, -0.1) is 0 Å². The molecule has 0 radical (unpaired) electrons. The Labute approximate surface area is 108 Å². The summed E-state index contributed by atoms with van der Waals surface area (Å²) >= 11 is 0. The van der Waals surface area contributed by atoms with E-state index >= 15 is 0 Å². The predicted molar refractivity (Wildman–Crippen MR) is 64.4 cm³/mol. The summed E-state index contributed by atoms with van der Waals surface area (Å²) in [6.45, 7) is 0.0939. The summed E-state index contributed by atoms with van der Waals surface area (Å²) in [5.41, 5.74) is 0.161. The first-order valence-corrected chi connectivity index (χ1v) is 5.48. The molecule has 0 saturated heterocycles. The Kier molecular flexibility index (Phi) is 3.89. The molecule has 0 atom stereocenters. The molecule has 3 nitrogen and oxygen atoms in total. The lowest BCUT2D eigenvalue weighted by Crippen LogP contribution is -2.06. The van der Waals surface area contributed by atoms with Crippen LogP contribution in [0.4, 0.5) is 18.9 Å². The molecule has 0 saturated carbocycles. The number of hydrogen-bond acceptors (Lipinski definition) is 3. The molecular weight excluding hydrogens is 257 g/mol. The topological polar surface area (TPSA) is 34.1 Å². The van der Waals surface area contributed by atoms with E-state index in [1.54, 1.807) is 18.2 Å². The summed E-state index contributed by atoms with van der Waals surface area (Å²) in [5, 5.41) is 2.54. The second-order valence-corrected chi connectivity index (χ2v) is 3.77. The van der Waals surface area contributed by atoms with Gasteiger partial charge < -0.3 is 10.1 Å². The molecule has 0 amide bonds. The predicted octanol–water partition coefficient (Wildman–Crippen LogP) is 3.12. The van der Waals surface area contributed by atoms with Gasteiger partial charge >= 0.3 is 0 Å². The van der Waals surface area contributed by atoms with Crippen molar-refractivity contribution in [1.29, 1.82) is 0 Å². The fourth-order valence-corrected chi connectivity index (χ4v) is 1.56. The average Bonchev–Trinajstić information content (AvgIpc) is 2.37. The third-order valence-electron chi connectivity index (χ3n) is 2.44. The van der Waals surface area contributed by atoms with E-state index in [2.05, 4.69) is 10.3 Å². The molecule has 1 heterocycles. The lowest BCUT2D eigenvalue weighted by atomic mass is 10.2. The Hall–Kier alpha value is -2.24. The molecule has 0 fully saturated rings. The van der Waals surface area contributed by atoms with Gasteiger partial charge in [-0.2, -0.15) is 0 Å². The Morgan fingerprint density at radius 3 is 2.47 bits per heavy atom. The van der Waals surface area contributed by atoms with Gasteiger partial charge in [-0.3, -0.25) is 0 Å². The molecule has 0 unspecified atom stereocenters. The molecule has 0 aliphatic rings. The summed E-state index contributed by atoms with van der Waals surface area (Å²) in [6.07, 6.45) is 0. The summed E-state index contributed by atoms with van der Waals surface area (Å²) in [5.74, 6) is -2.53. The van der Waals surface area contributed by atoms with Crippen LogP contribution in [-0.2, 0) is 6.54 Å². The van der Waals surface area contributed by atoms with E-state index < -0.39 is 17.5 Å². The molecular formula is C13H11F3N2O. The van der Waals surface area contributed by atoms with Gasteiger partial charge in [0.05, 0.1) is 19.3 Å². The maximum absolute atomic E-state index is 13.4. The highest BCUT2D eigenvalue weighted by atomic mass is 19.1. The first kappa shape index (κ1) is 13.2. The van der Waals surface area contributed by atoms with Crippen LogP contribution in [0.1, 0.15) is 5.69 Å². The molecule has 0 bridgehead atoms. The van der Waals surface area contributed by atoms with E-state index in [1.165, 1.54) is 7.11 Å². The van der Waals surface area contributed by atoms with E-state index in [0.717, 1.165) is 0 Å². The van der Waals surface area contributed by atoms with Crippen molar-refractivity contribution in [3.63, 3.8) is 0 Å². The van der Waals surface area contributed by atoms with Crippen LogP contribution in [0, 0.1) is 17.5 Å². The number of benzene rings is 1. The maximum Gasteiger partial charge on any atom is 0.213 e. The van der Waals surface area contributed by atoms with Crippen LogP contribution >= 0.6 is 0 Å². The van der Waals surface area contributed by atoms with Crippen molar-refractivity contribution in [1.82, 2.24) is 4.98 Å². The maximum atomic E-state index is 13.4. The van der Waals surface area contributed by atoms with Crippen molar-refractivity contribution in [2.75, 3.05) is 12.4 Å². The Morgan fingerprint density at radius 2 is 1.84 bits per heavy atom. The monoisotopic (exact) mass is 268 g/mol. The summed E-state index contributed by atoms with van der Waals surface area (Å²) in [7, 11) is 1.47. The summed E-state index contributed by atoms with van der Waals surface area (Å²) in [4.78, 5) is 4.08. The largest absolute Gasteiger partial charge is 0.481 e. The van der Waals surface area contributed by atoms with E-state index in [0.29, 0.717) is 23.7 Å². The number of halogens is 3. The first-order valence-electron chi connectivity index (χ1n) is 5.48. The highest BCUT2D eigenvalue weighted by molar-refractivity contribution is 5.46. The van der Waals surface area contributed by atoms with Gasteiger partial charge in [0.1, 0.15) is 11.5 Å². The van der Waals surface area contributed by atoms with Crippen molar-refractivity contribution >= 4 is 5.69 Å². The molecule has 0 spiro atoms. The second kappa shape index (κ2) is 5.60. The van der Waals surface area contributed by atoms with Gasteiger partial charge in [0.15, 0.2) is 11.6 Å². The van der Waals surface area contributed by atoms with Crippen LogP contribution in [0.2, 0.25) is 0 Å². The highest BCUT2D eigenvalue weighted by Crippen LogP contribution is 2.20. The smallest absolute Gasteiger partial charge is 0.213 e. The lowest BCUT2D eigenvalue weighted by molar-refractivity contribution is 0.396. The molecule has 2 aromatic rings. The zero-order valence-corrected chi connectivity index (χ0v) is 10.1. The zero-order chi connectivity index (χ0) is 13.8. The van der Waals surface area contributed by atoms with Crippen LogP contribution in [0.15, 0.2) is 30.3 Å². The Morgan fingerprint density at radius 1 is 1.16 bits per heavy atom.